The zero-order valence-corrected chi connectivity index (χ0v) is 11.6. The van der Waals surface area contributed by atoms with Crippen molar-refractivity contribution < 1.29 is 0 Å². The summed E-state index contributed by atoms with van der Waals surface area (Å²) in [6, 6.07) is 9.33. The highest BCUT2D eigenvalue weighted by atomic mass is 35.5. The summed E-state index contributed by atoms with van der Waals surface area (Å²) in [5, 5.41) is 7.08. The molecule has 100 valence electrons. The van der Waals surface area contributed by atoms with Gasteiger partial charge in [0.25, 0.3) is 0 Å². The van der Waals surface area contributed by atoms with Crippen LogP contribution in [0.4, 0.5) is 17.5 Å². The van der Waals surface area contributed by atoms with Gasteiger partial charge in [-0.05, 0) is 30.7 Å². The summed E-state index contributed by atoms with van der Waals surface area (Å²) >= 11 is 5.93. The van der Waals surface area contributed by atoms with Gasteiger partial charge in [-0.15, -0.1) is 0 Å². The van der Waals surface area contributed by atoms with Crippen LogP contribution >= 0.6 is 11.6 Å². The van der Waals surface area contributed by atoms with Crippen molar-refractivity contribution in [3.63, 3.8) is 0 Å². The number of aromatic nitrogens is 2. The third-order valence-corrected chi connectivity index (χ3v) is 2.81. The molecule has 0 bridgehead atoms. The second-order valence-electron chi connectivity index (χ2n) is 4.18. The minimum absolute atomic E-state index is 0.559. The van der Waals surface area contributed by atoms with Crippen molar-refractivity contribution in [3.8, 4) is 0 Å². The largest absolute Gasteiger partial charge is 0.370 e. The highest BCUT2D eigenvalue weighted by Gasteiger charge is 2.00. The first-order valence-corrected chi connectivity index (χ1v) is 6.75. The molecule has 2 rings (SSSR count). The highest BCUT2D eigenvalue weighted by Crippen LogP contribution is 2.18. The molecule has 0 unspecified atom stereocenters. The molecule has 2 aromatic rings. The Morgan fingerprint density at radius 3 is 2.95 bits per heavy atom. The molecule has 1 heterocycles. The number of rotatable bonds is 6. The van der Waals surface area contributed by atoms with E-state index in [4.69, 9.17) is 11.6 Å². The third-order valence-electron chi connectivity index (χ3n) is 2.57. The molecule has 2 N–H and O–H groups in total. The molecule has 19 heavy (non-hydrogen) atoms. The van der Waals surface area contributed by atoms with Crippen molar-refractivity contribution in [2.24, 2.45) is 0 Å². The molecular weight excluding hydrogens is 260 g/mol. The van der Waals surface area contributed by atoms with E-state index in [1.54, 1.807) is 6.20 Å². The lowest BCUT2D eigenvalue weighted by Crippen LogP contribution is -2.05. The Morgan fingerprint density at radius 1 is 1.26 bits per heavy atom. The fourth-order valence-corrected chi connectivity index (χ4v) is 1.80. The number of nitrogens with one attached hydrogen (secondary N) is 2. The lowest BCUT2D eigenvalue weighted by molar-refractivity contribution is 0.830. The van der Waals surface area contributed by atoms with Crippen LogP contribution < -0.4 is 10.6 Å². The van der Waals surface area contributed by atoms with Crippen molar-refractivity contribution in [2.45, 2.75) is 19.8 Å². The fraction of sp³-hybridized carbons (Fsp3) is 0.286. The quantitative estimate of drug-likeness (QED) is 0.781. The first-order chi connectivity index (χ1) is 9.28. The van der Waals surface area contributed by atoms with E-state index in [-0.39, 0.29) is 0 Å². The van der Waals surface area contributed by atoms with Gasteiger partial charge in [0.1, 0.15) is 5.82 Å². The van der Waals surface area contributed by atoms with Gasteiger partial charge < -0.3 is 10.6 Å². The van der Waals surface area contributed by atoms with Crippen LogP contribution in [-0.2, 0) is 0 Å². The maximum Gasteiger partial charge on any atom is 0.229 e. The number of nitrogens with zero attached hydrogens (tertiary/aromatic N) is 2. The van der Waals surface area contributed by atoms with E-state index in [1.165, 1.54) is 0 Å². The maximum absolute atomic E-state index is 5.93. The number of benzene rings is 1. The van der Waals surface area contributed by atoms with Crippen LogP contribution in [0.15, 0.2) is 36.5 Å². The fourth-order valence-electron chi connectivity index (χ4n) is 1.61. The molecule has 0 saturated heterocycles. The van der Waals surface area contributed by atoms with Gasteiger partial charge in [-0.3, -0.25) is 0 Å². The minimum Gasteiger partial charge on any atom is -0.370 e. The monoisotopic (exact) mass is 276 g/mol. The van der Waals surface area contributed by atoms with Gasteiger partial charge in [0.15, 0.2) is 0 Å². The number of anilines is 3. The van der Waals surface area contributed by atoms with Crippen molar-refractivity contribution in [1.29, 1.82) is 0 Å². The molecule has 0 aliphatic carbocycles. The van der Waals surface area contributed by atoms with E-state index >= 15 is 0 Å². The second-order valence-corrected chi connectivity index (χ2v) is 4.62. The molecule has 0 atom stereocenters. The van der Waals surface area contributed by atoms with E-state index in [0.717, 1.165) is 30.9 Å². The predicted molar refractivity (Wildman–Crippen MR) is 80.2 cm³/mol. The lowest BCUT2D eigenvalue weighted by atomic mass is 10.3. The van der Waals surface area contributed by atoms with Crippen LogP contribution in [0.5, 0.6) is 0 Å². The summed E-state index contributed by atoms with van der Waals surface area (Å²) in [4.78, 5) is 8.58. The summed E-state index contributed by atoms with van der Waals surface area (Å²) in [5.41, 5.74) is 0.873. The van der Waals surface area contributed by atoms with Crippen LogP contribution in [0.1, 0.15) is 19.8 Å². The number of unbranched alkanes of at least 4 members (excludes halogenated alkanes) is 1. The molecule has 0 fully saturated rings. The second kappa shape index (κ2) is 6.95. The summed E-state index contributed by atoms with van der Waals surface area (Å²) in [7, 11) is 0. The normalized spacial score (nSPS) is 10.2. The Bertz CT molecular complexity index is 530. The van der Waals surface area contributed by atoms with Crippen LogP contribution in [0.2, 0.25) is 5.02 Å². The average Bonchev–Trinajstić information content (AvgIpc) is 2.39. The van der Waals surface area contributed by atoms with Gasteiger partial charge in [0, 0.05) is 23.5 Å². The van der Waals surface area contributed by atoms with Crippen LogP contribution in [-0.4, -0.2) is 16.5 Å². The smallest absolute Gasteiger partial charge is 0.229 e. The number of halogens is 1. The Morgan fingerprint density at radius 2 is 2.16 bits per heavy atom. The molecule has 5 heteroatoms. The van der Waals surface area contributed by atoms with Crippen LogP contribution in [0, 0.1) is 0 Å². The van der Waals surface area contributed by atoms with Crippen molar-refractivity contribution >= 4 is 29.1 Å². The summed E-state index contributed by atoms with van der Waals surface area (Å²) in [6.07, 6.45) is 4.01. The van der Waals surface area contributed by atoms with Gasteiger partial charge >= 0.3 is 0 Å². The van der Waals surface area contributed by atoms with Crippen molar-refractivity contribution in [1.82, 2.24) is 9.97 Å². The van der Waals surface area contributed by atoms with Gasteiger partial charge in [0.2, 0.25) is 5.95 Å². The van der Waals surface area contributed by atoms with Crippen molar-refractivity contribution in [3.05, 3.63) is 41.6 Å². The zero-order valence-electron chi connectivity index (χ0n) is 10.9. The Labute approximate surface area is 118 Å². The maximum atomic E-state index is 5.93. The third kappa shape index (κ3) is 4.41. The number of hydrogen-bond donors (Lipinski definition) is 2. The van der Waals surface area contributed by atoms with E-state index in [1.807, 2.05) is 30.3 Å². The molecule has 0 aliphatic rings. The first kappa shape index (κ1) is 13.6. The Balaban J connectivity index is 2.02. The first-order valence-electron chi connectivity index (χ1n) is 6.37. The average molecular weight is 277 g/mol. The van der Waals surface area contributed by atoms with Crippen LogP contribution in [0.25, 0.3) is 0 Å². The lowest BCUT2D eigenvalue weighted by Gasteiger charge is -2.08. The molecule has 0 saturated carbocycles. The molecule has 1 aromatic heterocycles. The molecule has 1 aromatic carbocycles. The molecule has 0 radical (unpaired) electrons. The molecule has 0 amide bonds. The molecule has 4 nitrogen and oxygen atoms in total. The van der Waals surface area contributed by atoms with E-state index in [0.29, 0.717) is 11.0 Å². The minimum atomic E-state index is 0.559. The molecular formula is C14H17ClN4. The summed E-state index contributed by atoms with van der Waals surface area (Å²) < 4.78 is 0. The summed E-state index contributed by atoms with van der Waals surface area (Å²) in [5.74, 6) is 1.39. The zero-order chi connectivity index (χ0) is 13.5. The SMILES string of the molecule is CCCCNc1ccnc(Nc2cccc(Cl)c2)n1. The molecule has 0 spiro atoms. The van der Waals surface area contributed by atoms with Gasteiger partial charge in [0.05, 0.1) is 0 Å². The standard InChI is InChI=1S/C14H17ClN4/c1-2-3-8-16-13-7-9-17-14(19-13)18-12-6-4-5-11(15)10-12/h4-7,9-10H,2-3,8H2,1H3,(H2,16,17,18,19). The predicted octanol–water partition coefficient (Wildman–Crippen LogP) is 4.09. The number of hydrogen-bond acceptors (Lipinski definition) is 4. The topological polar surface area (TPSA) is 49.8 Å². The van der Waals surface area contributed by atoms with Gasteiger partial charge in [-0.1, -0.05) is 31.0 Å². The van der Waals surface area contributed by atoms with E-state index in [2.05, 4.69) is 27.5 Å². The Kier molecular flexibility index (Phi) is 4.98. The molecule has 0 aliphatic heterocycles. The van der Waals surface area contributed by atoms with Gasteiger partial charge in [-0.2, -0.15) is 4.98 Å². The highest BCUT2D eigenvalue weighted by molar-refractivity contribution is 6.30. The van der Waals surface area contributed by atoms with Crippen LogP contribution in [0.3, 0.4) is 0 Å². The Hall–Kier alpha value is -1.81. The van der Waals surface area contributed by atoms with Crippen molar-refractivity contribution in [2.75, 3.05) is 17.2 Å². The summed E-state index contributed by atoms with van der Waals surface area (Å²) in [6.45, 7) is 3.08. The van der Waals surface area contributed by atoms with Gasteiger partial charge in [-0.25, -0.2) is 4.98 Å². The van der Waals surface area contributed by atoms with E-state index in [9.17, 15) is 0 Å². The van der Waals surface area contributed by atoms with E-state index < -0.39 is 0 Å².